The molecule has 8 heteroatoms. The van der Waals surface area contributed by atoms with Crippen molar-refractivity contribution >= 4 is 35.1 Å². The van der Waals surface area contributed by atoms with Crippen molar-refractivity contribution in [2.24, 2.45) is 0 Å². The van der Waals surface area contributed by atoms with Gasteiger partial charge in [-0.2, -0.15) is 0 Å². The number of nitrogens with two attached hydrogens (primary N) is 1. The lowest BCUT2D eigenvalue weighted by Crippen LogP contribution is -2.23. The Bertz CT molecular complexity index is 848. The first-order valence-electron chi connectivity index (χ1n) is 8.99. The summed E-state index contributed by atoms with van der Waals surface area (Å²) in [4.78, 5) is 32.4. The molecule has 1 heterocycles. The van der Waals surface area contributed by atoms with E-state index in [1.165, 1.54) is 11.8 Å². The monoisotopic (exact) mass is 402 g/mol. The predicted octanol–water partition coefficient (Wildman–Crippen LogP) is 3.65. The number of nitrogens with one attached hydrogen (secondary N) is 1. The van der Waals surface area contributed by atoms with Gasteiger partial charge in [-0.3, -0.25) is 4.79 Å². The molecule has 150 valence electrons. The Balaban J connectivity index is 2.00. The van der Waals surface area contributed by atoms with E-state index in [4.69, 9.17) is 10.5 Å². The molecule has 0 fully saturated rings. The number of esters is 1. The number of carbonyl (C=O) groups excluding carboxylic acids is 2. The Labute approximate surface area is 169 Å². The molecule has 0 spiro atoms. The van der Waals surface area contributed by atoms with Crippen LogP contribution in [0.3, 0.4) is 0 Å². The number of ether oxygens (including phenoxy) is 1. The molecule has 0 radical (unpaired) electrons. The number of benzene rings is 1. The Morgan fingerprint density at radius 2 is 1.89 bits per heavy atom. The summed E-state index contributed by atoms with van der Waals surface area (Å²) in [5.41, 5.74) is 7.90. The fourth-order valence-electron chi connectivity index (χ4n) is 2.31. The van der Waals surface area contributed by atoms with Crippen LogP contribution in [-0.4, -0.2) is 33.7 Å². The first kappa shape index (κ1) is 21.7. The summed E-state index contributed by atoms with van der Waals surface area (Å²) in [5, 5.41) is 2.75. The van der Waals surface area contributed by atoms with Gasteiger partial charge < -0.3 is 15.8 Å². The number of rotatable bonds is 6. The largest absolute Gasteiger partial charge is 0.462 e. The van der Waals surface area contributed by atoms with Gasteiger partial charge in [0.15, 0.2) is 5.16 Å². The number of nitrogens with zero attached hydrogens (tertiary/aromatic N) is 2. The Morgan fingerprint density at radius 3 is 2.43 bits per heavy atom. The van der Waals surface area contributed by atoms with Crippen molar-refractivity contribution in [1.82, 2.24) is 9.97 Å². The van der Waals surface area contributed by atoms with E-state index in [9.17, 15) is 9.59 Å². The second-order valence-electron chi connectivity index (χ2n) is 7.25. The van der Waals surface area contributed by atoms with Crippen LogP contribution in [0.2, 0.25) is 0 Å². The van der Waals surface area contributed by atoms with Crippen LogP contribution in [0.15, 0.2) is 35.6 Å². The van der Waals surface area contributed by atoms with Gasteiger partial charge in [-0.05, 0) is 37.0 Å². The molecule has 28 heavy (non-hydrogen) atoms. The van der Waals surface area contributed by atoms with Gasteiger partial charge in [0.25, 0.3) is 0 Å². The molecule has 0 aliphatic heterocycles. The van der Waals surface area contributed by atoms with Crippen molar-refractivity contribution in [1.29, 1.82) is 0 Å². The van der Waals surface area contributed by atoms with Crippen molar-refractivity contribution in [3.8, 4) is 0 Å². The molecule has 1 aromatic heterocycles. The van der Waals surface area contributed by atoms with Gasteiger partial charge in [-0.1, -0.05) is 44.7 Å². The van der Waals surface area contributed by atoms with E-state index in [-0.39, 0.29) is 29.3 Å². The third kappa shape index (κ3) is 5.69. The number of nitrogen functional groups attached to an aromatic ring is 1. The van der Waals surface area contributed by atoms with Gasteiger partial charge in [0.2, 0.25) is 5.91 Å². The molecule has 2 rings (SSSR count). The Morgan fingerprint density at radius 1 is 1.25 bits per heavy atom. The molecule has 0 aliphatic carbocycles. The molecular formula is C20H26N4O3S. The zero-order valence-electron chi connectivity index (χ0n) is 16.8. The fraction of sp³-hybridized carbons (Fsp3) is 0.400. The summed E-state index contributed by atoms with van der Waals surface area (Å²) in [6, 6.07) is 7.79. The number of anilines is 2. The number of thioether (sulfide) groups is 1. The topological polar surface area (TPSA) is 107 Å². The second-order valence-corrected chi connectivity index (χ2v) is 8.56. The summed E-state index contributed by atoms with van der Waals surface area (Å²) in [6.07, 6.45) is 1.32. The van der Waals surface area contributed by atoms with Crippen LogP contribution in [0.1, 0.15) is 50.5 Å². The molecule has 3 N–H and O–H groups in total. The van der Waals surface area contributed by atoms with E-state index in [1.54, 1.807) is 13.8 Å². The third-order valence-electron chi connectivity index (χ3n) is 3.96. The fourth-order valence-corrected chi connectivity index (χ4v) is 3.06. The molecule has 1 unspecified atom stereocenters. The minimum absolute atomic E-state index is 0.0290. The number of amides is 1. The quantitative estimate of drug-likeness (QED) is 0.431. The number of hydrogen-bond acceptors (Lipinski definition) is 7. The van der Waals surface area contributed by atoms with Crippen LogP contribution in [0.5, 0.6) is 0 Å². The van der Waals surface area contributed by atoms with Crippen molar-refractivity contribution in [2.75, 3.05) is 17.7 Å². The Kier molecular flexibility index (Phi) is 7.01. The van der Waals surface area contributed by atoms with Gasteiger partial charge in [-0.15, -0.1) is 0 Å². The summed E-state index contributed by atoms with van der Waals surface area (Å²) in [5.74, 6) is -0.715. The van der Waals surface area contributed by atoms with Crippen molar-refractivity contribution in [3.63, 3.8) is 0 Å². The maximum atomic E-state index is 12.5. The van der Waals surface area contributed by atoms with E-state index in [0.717, 1.165) is 17.4 Å². The number of hydrogen-bond donors (Lipinski definition) is 2. The van der Waals surface area contributed by atoms with Crippen molar-refractivity contribution in [3.05, 3.63) is 41.6 Å². The van der Waals surface area contributed by atoms with Crippen LogP contribution in [0.25, 0.3) is 0 Å². The molecule has 0 saturated heterocycles. The molecule has 7 nitrogen and oxygen atoms in total. The van der Waals surface area contributed by atoms with E-state index < -0.39 is 11.2 Å². The molecule has 0 bridgehead atoms. The molecular weight excluding hydrogens is 376 g/mol. The summed E-state index contributed by atoms with van der Waals surface area (Å²) < 4.78 is 4.89. The van der Waals surface area contributed by atoms with E-state index in [1.807, 2.05) is 24.3 Å². The average molecular weight is 403 g/mol. The molecule has 0 saturated carbocycles. The lowest BCUT2D eigenvalue weighted by atomic mass is 9.87. The van der Waals surface area contributed by atoms with Crippen LogP contribution in [0.4, 0.5) is 11.5 Å². The summed E-state index contributed by atoms with van der Waals surface area (Å²) in [6.45, 7) is 10.1. The average Bonchev–Trinajstić information content (AvgIpc) is 2.61. The maximum Gasteiger partial charge on any atom is 0.343 e. The van der Waals surface area contributed by atoms with Crippen molar-refractivity contribution in [2.45, 2.75) is 50.4 Å². The van der Waals surface area contributed by atoms with Gasteiger partial charge in [-0.25, -0.2) is 14.8 Å². The maximum absolute atomic E-state index is 12.5. The Hall–Kier alpha value is -2.61. The molecule has 1 aromatic carbocycles. The standard InChI is InChI=1S/C20H26N4O3S/c1-6-27-18(26)15-11-22-19(24-16(15)21)28-12(2)17(25)23-14-9-7-13(8-10-14)20(3,4)5/h7-12H,6H2,1-5H3,(H,23,25)(H2,21,22,24). The first-order chi connectivity index (χ1) is 13.1. The van der Waals surface area contributed by atoms with E-state index in [2.05, 4.69) is 36.1 Å². The molecule has 1 amide bonds. The van der Waals surface area contributed by atoms with Crippen LogP contribution >= 0.6 is 11.8 Å². The second kappa shape index (κ2) is 9.05. The zero-order valence-corrected chi connectivity index (χ0v) is 17.6. The number of carbonyl (C=O) groups is 2. The highest BCUT2D eigenvalue weighted by atomic mass is 32.2. The van der Waals surface area contributed by atoms with Gasteiger partial charge in [0.1, 0.15) is 11.4 Å². The first-order valence-corrected chi connectivity index (χ1v) is 9.87. The normalized spacial score (nSPS) is 12.3. The van der Waals surface area contributed by atoms with Crippen LogP contribution in [0, 0.1) is 0 Å². The number of aromatic nitrogens is 2. The van der Waals surface area contributed by atoms with E-state index in [0.29, 0.717) is 5.16 Å². The minimum atomic E-state index is -0.568. The SMILES string of the molecule is CCOC(=O)c1cnc(SC(C)C(=O)Nc2ccc(C(C)(C)C)cc2)nc1N. The smallest absolute Gasteiger partial charge is 0.343 e. The lowest BCUT2D eigenvalue weighted by Gasteiger charge is -2.19. The van der Waals surface area contributed by atoms with Gasteiger partial charge >= 0.3 is 5.97 Å². The van der Waals surface area contributed by atoms with E-state index >= 15 is 0 Å². The van der Waals surface area contributed by atoms with Crippen LogP contribution in [-0.2, 0) is 14.9 Å². The van der Waals surface area contributed by atoms with Gasteiger partial charge in [0, 0.05) is 11.9 Å². The minimum Gasteiger partial charge on any atom is -0.462 e. The van der Waals surface area contributed by atoms with Gasteiger partial charge in [0.05, 0.1) is 11.9 Å². The summed E-state index contributed by atoms with van der Waals surface area (Å²) in [7, 11) is 0. The molecule has 2 aromatic rings. The predicted molar refractivity (Wildman–Crippen MR) is 111 cm³/mol. The van der Waals surface area contributed by atoms with Crippen molar-refractivity contribution < 1.29 is 14.3 Å². The third-order valence-corrected chi connectivity index (χ3v) is 4.94. The highest BCUT2D eigenvalue weighted by molar-refractivity contribution is 8.00. The molecule has 1 atom stereocenters. The lowest BCUT2D eigenvalue weighted by molar-refractivity contribution is -0.115. The zero-order chi connectivity index (χ0) is 20.9. The van der Waals surface area contributed by atoms with Crippen LogP contribution < -0.4 is 11.1 Å². The summed E-state index contributed by atoms with van der Waals surface area (Å²) >= 11 is 1.16. The highest BCUT2D eigenvalue weighted by Crippen LogP contribution is 2.25. The molecule has 0 aliphatic rings. The highest BCUT2D eigenvalue weighted by Gasteiger charge is 2.19.